The van der Waals surface area contributed by atoms with Gasteiger partial charge in [0, 0.05) is 12.4 Å². The second kappa shape index (κ2) is 3.81. The number of hydrogen-bond acceptors (Lipinski definition) is 3. The minimum Gasteiger partial charge on any atom is -0.331 e. The van der Waals surface area contributed by atoms with Crippen LogP contribution in [0.5, 0.6) is 0 Å². The standard InChI is InChI=1S/C8H6ClN3OS/c9-6-2-1-5(14-6)7(13)12-8-10-3-4-11-8/h1-4H,(H2,10,11,12,13). The van der Waals surface area contributed by atoms with E-state index in [4.69, 9.17) is 11.6 Å². The Morgan fingerprint density at radius 2 is 2.43 bits per heavy atom. The maximum atomic E-state index is 11.5. The molecule has 0 aliphatic carbocycles. The summed E-state index contributed by atoms with van der Waals surface area (Å²) < 4.78 is 0.592. The summed E-state index contributed by atoms with van der Waals surface area (Å²) in [5, 5.41) is 2.60. The summed E-state index contributed by atoms with van der Waals surface area (Å²) in [5.41, 5.74) is 0. The van der Waals surface area contributed by atoms with Gasteiger partial charge in [0.2, 0.25) is 5.95 Å². The summed E-state index contributed by atoms with van der Waals surface area (Å²) in [6.07, 6.45) is 3.20. The van der Waals surface area contributed by atoms with Crippen molar-refractivity contribution in [2.24, 2.45) is 0 Å². The number of imidazole rings is 1. The lowest BCUT2D eigenvalue weighted by Crippen LogP contribution is -2.10. The van der Waals surface area contributed by atoms with Crippen LogP contribution >= 0.6 is 22.9 Å². The van der Waals surface area contributed by atoms with Gasteiger partial charge in [-0.15, -0.1) is 11.3 Å². The molecule has 0 saturated heterocycles. The number of aromatic amines is 1. The Hall–Kier alpha value is -1.33. The highest BCUT2D eigenvalue weighted by molar-refractivity contribution is 7.18. The second-order valence-corrected chi connectivity index (χ2v) is 4.21. The van der Waals surface area contributed by atoms with E-state index in [1.807, 2.05) is 0 Å². The third-order valence-electron chi connectivity index (χ3n) is 1.53. The van der Waals surface area contributed by atoms with Crippen LogP contribution in [0.3, 0.4) is 0 Å². The summed E-state index contributed by atoms with van der Waals surface area (Å²) in [5.74, 6) is 0.219. The molecule has 14 heavy (non-hydrogen) atoms. The first-order valence-electron chi connectivity index (χ1n) is 3.82. The molecule has 0 aromatic carbocycles. The molecule has 2 rings (SSSR count). The van der Waals surface area contributed by atoms with Gasteiger partial charge in [-0.05, 0) is 12.1 Å². The molecule has 2 aromatic heterocycles. The zero-order valence-electron chi connectivity index (χ0n) is 6.95. The van der Waals surface area contributed by atoms with Crippen LogP contribution in [0.2, 0.25) is 4.34 Å². The van der Waals surface area contributed by atoms with Gasteiger partial charge in [0.15, 0.2) is 0 Å². The molecule has 0 fully saturated rings. The molecule has 0 aliphatic rings. The highest BCUT2D eigenvalue weighted by Crippen LogP contribution is 2.21. The van der Waals surface area contributed by atoms with Crippen molar-refractivity contribution in [2.45, 2.75) is 0 Å². The van der Waals surface area contributed by atoms with Gasteiger partial charge in [-0.2, -0.15) is 0 Å². The van der Waals surface area contributed by atoms with Crippen LogP contribution in [0.4, 0.5) is 5.95 Å². The number of H-pyrrole nitrogens is 1. The molecule has 2 heterocycles. The number of halogens is 1. The van der Waals surface area contributed by atoms with Crippen molar-refractivity contribution in [1.29, 1.82) is 0 Å². The van der Waals surface area contributed by atoms with Crippen molar-refractivity contribution in [1.82, 2.24) is 9.97 Å². The largest absolute Gasteiger partial charge is 0.331 e. The van der Waals surface area contributed by atoms with Gasteiger partial charge < -0.3 is 4.98 Å². The Bertz CT molecular complexity index is 437. The summed E-state index contributed by atoms with van der Waals surface area (Å²) >= 11 is 6.93. The molecule has 0 bridgehead atoms. The highest BCUT2D eigenvalue weighted by Gasteiger charge is 2.09. The molecule has 0 radical (unpaired) electrons. The quantitative estimate of drug-likeness (QED) is 0.828. The Morgan fingerprint density at radius 3 is 3.00 bits per heavy atom. The number of rotatable bonds is 2. The molecule has 0 unspecified atom stereocenters. The van der Waals surface area contributed by atoms with E-state index in [0.717, 1.165) is 0 Å². The maximum Gasteiger partial charge on any atom is 0.268 e. The predicted octanol–water partition coefficient (Wildman–Crippen LogP) is 2.38. The van der Waals surface area contributed by atoms with Crippen molar-refractivity contribution in [3.05, 3.63) is 33.7 Å². The van der Waals surface area contributed by atoms with E-state index in [1.54, 1.807) is 24.5 Å². The van der Waals surface area contributed by atoms with E-state index in [0.29, 0.717) is 15.2 Å². The number of carbonyl (C=O) groups is 1. The van der Waals surface area contributed by atoms with Crippen LogP contribution in [-0.2, 0) is 0 Å². The number of amides is 1. The van der Waals surface area contributed by atoms with Crippen molar-refractivity contribution in [3.63, 3.8) is 0 Å². The fourth-order valence-electron chi connectivity index (χ4n) is 0.939. The van der Waals surface area contributed by atoms with Crippen LogP contribution in [0, 0.1) is 0 Å². The lowest BCUT2D eigenvalue weighted by molar-refractivity contribution is 0.103. The molecule has 2 N–H and O–H groups in total. The third kappa shape index (κ3) is 1.94. The second-order valence-electron chi connectivity index (χ2n) is 2.50. The smallest absolute Gasteiger partial charge is 0.268 e. The molecular formula is C8H6ClN3OS. The van der Waals surface area contributed by atoms with Gasteiger partial charge in [-0.1, -0.05) is 11.6 Å². The lowest BCUT2D eigenvalue weighted by atomic mass is 10.4. The summed E-state index contributed by atoms with van der Waals surface area (Å²) in [4.78, 5) is 18.7. The van der Waals surface area contributed by atoms with Gasteiger partial charge in [0.1, 0.15) is 0 Å². The molecule has 1 amide bonds. The first-order valence-corrected chi connectivity index (χ1v) is 5.01. The van der Waals surface area contributed by atoms with Crippen molar-refractivity contribution < 1.29 is 4.79 Å². The number of nitrogens with zero attached hydrogens (tertiary/aromatic N) is 1. The maximum absolute atomic E-state index is 11.5. The van der Waals surface area contributed by atoms with Gasteiger partial charge >= 0.3 is 0 Å². The Balaban J connectivity index is 2.10. The topological polar surface area (TPSA) is 57.8 Å². The van der Waals surface area contributed by atoms with E-state index in [9.17, 15) is 4.79 Å². The Kier molecular flexibility index (Phi) is 2.51. The monoisotopic (exact) mass is 227 g/mol. The van der Waals surface area contributed by atoms with Gasteiger partial charge in [0.25, 0.3) is 5.91 Å². The van der Waals surface area contributed by atoms with Gasteiger partial charge in [-0.25, -0.2) is 4.98 Å². The molecule has 4 nitrogen and oxygen atoms in total. The number of hydrogen-bond donors (Lipinski definition) is 2. The SMILES string of the molecule is O=C(Nc1ncc[nH]1)c1ccc(Cl)s1. The third-order valence-corrected chi connectivity index (χ3v) is 2.76. The highest BCUT2D eigenvalue weighted by atomic mass is 35.5. The van der Waals surface area contributed by atoms with Crippen LogP contribution in [0.25, 0.3) is 0 Å². The summed E-state index contributed by atoms with van der Waals surface area (Å²) in [7, 11) is 0. The number of thiophene rings is 1. The molecule has 0 spiro atoms. The zero-order valence-corrected chi connectivity index (χ0v) is 8.52. The Morgan fingerprint density at radius 1 is 1.57 bits per heavy atom. The Labute approximate surface area is 88.9 Å². The first-order chi connectivity index (χ1) is 6.75. The van der Waals surface area contributed by atoms with E-state index >= 15 is 0 Å². The molecule has 0 aliphatic heterocycles. The number of carbonyl (C=O) groups excluding carboxylic acids is 1. The number of anilines is 1. The number of aromatic nitrogens is 2. The molecular weight excluding hydrogens is 222 g/mol. The lowest BCUT2D eigenvalue weighted by Gasteiger charge is -1.97. The molecule has 2 aromatic rings. The van der Waals surface area contributed by atoms with Crippen LogP contribution < -0.4 is 5.32 Å². The van der Waals surface area contributed by atoms with Crippen molar-refractivity contribution >= 4 is 34.8 Å². The molecule has 0 atom stereocenters. The molecule has 0 saturated carbocycles. The van der Waals surface area contributed by atoms with E-state index in [-0.39, 0.29) is 5.91 Å². The average Bonchev–Trinajstić information content (AvgIpc) is 2.75. The van der Waals surface area contributed by atoms with Crippen LogP contribution in [0.15, 0.2) is 24.5 Å². The fourth-order valence-corrected chi connectivity index (χ4v) is 1.88. The summed E-state index contributed by atoms with van der Waals surface area (Å²) in [6.45, 7) is 0. The van der Waals surface area contributed by atoms with Crippen molar-refractivity contribution in [2.75, 3.05) is 5.32 Å². The van der Waals surface area contributed by atoms with E-state index < -0.39 is 0 Å². The zero-order chi connectivity index (χ0) is 9.97. The van der Waals surface area contributed by atoms with E-state index in [2.05, 4.69) is 15.3 Å². The van der Waals surface area contributed by atoms with Crippen molar-refractivity contribution in [3.8, 4) is 0 Å². The first kappa shape index (κ1) is 9.23. The van der Waals surface area contributed by atoms with Gasteiger partial charge in [-0.3, -0.25) is 10.1 Å². The van der Waals surface area contributed by atoms with Gasteiger partial charge in [0.05, 0.1) is 9.21 Å². The summed E-state index contributed by atoms with van der Waals surface area (Å²) in [6, 6.07) is 3.36. The molecule has 72 valence electrons. The van der Waals surface area contributed by atoms with Crippen LogP contribution in [0.1, 0.15) is 9.67 Å². The van der Waals surface area contributed by atoms with Crippen LogP contribution in [-0.4, -0.2) is 15.9 Å². The van der Waals surface area contributed by atoms with E-state index in [1.165, 1.54) is 11.3 Å². The predicted molar refractivity (Wildman–Crippen MR) is 55.9 cm³/mol. The normalized spacial score (nSPS) is 10.1. The number of nitrogens with one attached hydrogen (secondary N) is 2. The minimum atomic E-state index is -0.211. The minimum absolute atomic E-state index is 0.211. The molecule has 6 heteroatoms. The fraction of sp³-hybridized carbons (Fsp3) is 0. The average molecular weight is 228 g/mol.